The molecule has 1 aliphatic carbocycles. The van der Waals surface area contributed by atoms with E-state index in [1.165, 1.54) is 0 Å². The third kappa shape index (κ3) is 2.68. The molecule has 0 aromatic rings. The smallest absolute Gasteiger partial charge is 0.207 e. The summed E-state index contributed by atoms with van der Waals surface area (Å²) in [5.74, 6) is -2.72. The molecule has 0 bridgehead atoms. The minimum absolute atomic E-state index is 0.111. The molecule has 1 rings (SSSR count). The van der Waals surface area contributed by atoms with Gasteiger partial charge in [-0.2, -0.15) is 0 Å². The normalized spacial score (nSPS) is 28.8. The van der Waals surface area contributed by atoms with Crippen molar-refractivity contribution in [2.24, 2.45) is 5.92 Å². The summed E-state index contributed by atoms with van der Waals surface area (Å²) in [6.45, 7) is 0. The quantitative estimate of drug-likeness (QED) is 0.655. The Kier molecular flexibility index (Phi) is 3.94. The zero-order valence-corrected chi connectivity index (χ0v) is 8.75. The number of hydrogen-bond acceptors (Lipinski definition) is 0. The zero-order chi connectivity index (χ0) is 9.03. The average molecular weight is 241 g/mol. The molecule has 3 heteroatoms. The van der Waals surface area contributed by atoms with Crippen LogP contribution in [0.2, 0.25) is 0 Å². The number of rotatable bonds is 3. The average Bonchev–Trinajstić information content (AvgIpc) is 2.02. The van der Waals surface area contributed by atoms with E-state index in [2.05, 4.69) is 15.9 Å². The predicted octanol–water partition coefficient (Wildman–Crippen LogP) is 3.99. The fourth-order valence-electron chi connectivity index (χ4n) is 1.85. The molecule has 0 spiro atoms. The lowest BCUT2D eigenvalue weighted by atomic mass is 9.83. The molecular weight excluding hydrogens is 226 g/mol. The maximum atomic E-state index is 13.2. The highest BCUT2D eigenvalue weighted by atomic mass is 79.9. The van der Waals surface area contributed by atoms with Crippen LogP contribution in [0.4, 0.5) is 8.78 Å². The van der Waals surface area contributed by atoms with Crippen molar-refractivity contribution in [1.82, 2.24) is 0 Å². The molecule has 0 aromatic heterocycles. The molecule has 0 nitrogen and oxygen atoms in total. The van der Waals surface area contributed by atoms with Gasteiger partial charge in [0.25, 0.3) is 5.92 Å². The minimum Gasteiger partial charge on any atom is -0.207 e. The van der Waals surface area contributed by atoms with Crippen molar-refractivity contribution < 1.29 is 8.78 Å². The van der Waals surface area contributed by atoms with Crippen LogP contribution in [-0.4, -0.2) is 11.3 Å². The lowest BCUT2D eigenvalue weighted by Gasteiger charge is -2.31. The lowest BCUT2D eigenvalue weighted by Crippen LogP contribution is -2.31. The third-order valence-electron chi connectivity index (χ3n) is 2.60. The second-order valence-electron chi connectivity index (χ2n) is 3.53. The van der Waals surface area contributed by atoms with Crippen LogP contribution in [0.25, 0.3) is 0 Å². The van der Waals surface area contributed by atoms with Crippen molar-refractivity contribution >= 4 is 15.9 Å². The molecule has 0 aliphatic heterocycles. The largest absolute Gasteiger partial charge is 0.250 e. The molecule has 0 amide bonds. The Morgan fingerprint density at radius 3 is 2.67 bits per heavy atom. The van der Waals surface area contributed by atoms with E-state index in [4.69, 9.17) is 0 Å². The Hall–Kier alpha value is 0.340. The van der Waals surface area contributed by atoms with Gasteiger partial charge in [0.05, 0.1) is 0 Å². The fourth-order valence-corrected chi connectivity index (χ4v) is 2.17. The van der Waals surface area contributed by atoms with Crippen LogP contribution < -0.4 is 0 Å². The Morgan fingerprint density at radius 1 is 1.33 bits per heavy atom. The van der Waals surface area contributed by atoms with Gasteiger partial charge in [-0.1, -0.05) is 22.4 Å². The molecule has 0 N–H and O–H groups in total. The van der Waals surface area contributed by atoms with Crippen LogP contribution in [0.15, 0.2) is 0 Å². The number of halogens is 3. The van der Waals surface area contributed by atoms with E-state index in [1.807, 2.05) is 0 Å². The minimum atomic E-state index is -2.37. The molecule has 1 saturated carbocycles. The van der Waals surface area contributed by atoms with E-state index >= 15 is 0 Å². The summed E-state index contributed by atoms with van der Waals surface area (Å²) >= 11 is 3.27. The third-order valence-corrected chi connectivity index (χ3v) is 3.16. The van der Waals surface area contributed by atoms with Crippen LogP contribution in [0.1, 0.15) is 38.5 Å². The molecule has 0 heterocycles. The first-order valence-corrected chi connectivity index (χ1v) is 5.73. The zero-order valence-electron chi connectivity index (χ0n) is 7.16. The van der Waals surface area contributed by atoms with Crippen molar-refractivity contribution in [3.05, 3.63) is 0 Å². The van der Waals surface area contributed by atoms with E-state index in [9.17, 15) is 8.78 Å². The van der Waals surface area contributed by atoms with Gasteiger partial charge >= 0.3 is 0 Å². The first-order valence-electron chi connectivity index (χ1n) is 4.60. The standard InChI is InChI=1S/C9H15BrF2/c10-7-3-5-8-4-1-2-6-9(8,11)12/h8H,1-7H2. The van der Waals surface area contributed by atoms with Gasteiger partial charge in [0, 0.05) is 17.7 Å². The summed E-state index contributed by atoms with van der Waals surface area (Å²) in [5.41, 5.74) is 0. The van der Waals surface area contributed by atoms with Gasteiger partial charge in [-0.15, -0.1) is 0 Å². The molecule has 1 unspecified atom stereocenters. The maximum absolute atomic E-state index is 13.2. The first-order chi connectivity index (χ1) is 5.67. The van der Waals surface area contributed by atoms with Crippen LogP contribution in [0.5, 0.6) is 0 Å². The van der Waals surface area contributed by atoms with Gasteiger partial charge in [-0.3, -0.25) is 0 Å². The Morgan fingerprint density at radius 2 is 2.08 bits per heavy atom. The fraction of sp³-hybridized carbons (Fsp3) is 1.00. The molecule has 12 heavy (non-hydrogen) atoms. The van der Waals surface area contributed by atoms with Crippen molar-refractivity contribution in [2.45, 2.75) is 44.4 Å². The Balaban J connectivity index is 2.37. The van der Waals surface area contributed by atoms with Crippen LogP contribution in [0, 0.1) is 5.92 Å². The van der Waals surface area contributed by atoms with E-state index in [0.29, 0.717) is 12.8 Å². The van der Waals surface area contributed by atoms with Crippen LogP contribution >= 0.6 is 15.9 Å². The van der Waals surface area contributed by atoms with Gasteiger partial charge in [0.15, 0.2) is 0 Å². The number of hydrogen-bond donors (Lipinski definition) is 0. The Labute approximate surface area is 80.9 Å². The van der Waals surface area contributed by atoms with Gasteiger partial charge in [0.1, 0.15) is 0 Å². The summed E-state index contributed by atoms with van der Waals surface area (Å²) in [7, 11) is 0. The molecule has 1 fully saturated rings. The second kappa shape index (κ2) is 4.54. The SMILES string of the molecule is FC1(F)CCCCC1CCCBr. The molecular formula is C9H15BrF2. The van der Waals surface area contributed by atoms with Crippen molar-refractivity contribution in [3.8, 4) is 0 Å². The lowest BCUT2D eigenvalue weighted by molar-refractivity contribution is -0.0881. The summed E-state index contributed by atoms with van der Waals surface area (Å²) in [6, 6.07) is 0. The topological polar surface area (TPSA) is 0 Å². The molecule has 0 aromatic carbocycles. The van der Waals surface area contributed by atoms with E-state index in [0.717, 1.165) is 24.6 Å². The van der Waals surface area contributed by atoms with Crippen molar-refractivity contribution in [3.63, 3.8) is 0 Å². The van der Waals surface area contributed by atoms with Gasteiger partial charge in [0.2, 0.25) is 0 Å². The highest BCUT2D eigenvalue weighted by Gasteiger charge is 2.40. The van der Waals surface area contributed by atoms with E-state index < -0.39 is 5.92 Å². The predicted molar refractivity (Wildman–Crippen MR) is 49.9 cm³/mol. The summed E-state index contributed by atoms with van der Waals surface area (Å²) in [5, 5.41) is 0.847. The van der Waals surface area contributed by atoms with Crippen molar-refractivity contribution in [1.29, 1.82) is 0 Å². The van der Waals surface area contributed by atoms with E-state index in [-0.39, 0.29) is 12.3 Å². The van der Waals surface area contributed by atoms with E-state index in [1.54, 1.807) is 0 Å². The molecule has 0 radical (unpaired) electrons. The van der Waals surface area contributed by atoms with Gasteiger partial charge in [-0.05, 0) is 25.7 Å². The first kappa shape index (κ1) is 10.4. The highest BCUT2D eigenvalue weighted by molar-refractivity contribution is 9.09. The molecule has 72 valence electrons. The Bertz CT molecular complexity index is 136. The van der Waals surface area contributed by atoms with Crippen molar-refractivity contribution in [2.75, 3.05) is 5.33 Å². The van der Waals surface area contributed by atoms with Crippen LogP contribution in [0.3, 0.4) is 0 Å². The van der Waals surface area contributed by atoms with Gasteiger partial charge < -0.3 is 0 Å². The molecule has 1 aliphatic rings. The number of alkyl halides is 3. The summed E-state index contributed by atoms with van der Waals surface area (Å²) in [4.78, 5) is 0. The second-order valence-corrected chi connectivity index (χ2v) is 4.33. The summed E-state index contributed by atoms with van der Waals surface area (Å²) in [6.07, 6.45) is 4.08. The van der Waals surface area contributed by atoms with Crippen LogP contribution in [-0.2, 0) is 0 Å². The molecule has 0 saturated heterocycles. The molecule has 1 atom stereocenters. The summed E-state index contributed by atoms with van der Waals surface area (Å²) < 4.78 is 26.4. The highest BCUT2D eigenvalue weighted by Crippen LogP contribution is 2.40. The monoisotopic (exact) mass is 240 g/mol. The maximum Gasteiger partial charge on any atom is 0.250 e. The van der Waals surface area contributed by atoms with Gasteiger partial charge in [-0.25, -0.2) is 8.78 Å².